The minimum Gasteiger partial charge on any atom is -0.344 e. The third kappa shape index (κ3) is 4.72. The van der Waals surface area contributed by atoms with Gasteiger partial charge in [0.05, 0.1) is 11.4 Å². The van der Waals surface area contributed by atoms with Crippen molar-refractivity contribution in [3.05, 3.63) is 192 Å². The normalized spacial score (nSPS) is 14.9. The van der Waals surface area contributed by atoms with Crippen LogP contribution in [-0.4, -0.2) is 14.1 Å². The van der Waals surface area contributed by atoms with E-state index in [0.717, 1.165) is 0 Å². The van der Waals surface area contributed by atoms with Crippen LogP contribution in [0.1, 0.15) is 49.9 Å². The smallest absolute Gasteiger partial charge is 0.0529 e. The van der Waals surface area contributed by atoms with E-state index in [2.05, 4.69) is 221 Å². The Labute approximate surface area is 341 Å². The standard InChI is InChI=1S/C56H46N2/c1-55(2)46-28-9-11-32-50(46)57(5)53-42(26-16-30-48(53)55)37-21-14-24-40-44(37)34-45-38(22-15-25-41(45)52(40)39-23-13-19-35-18-7-8-20-36(35)39)43-27-17-31-49-54(43)58(6)51-33-12-10-29-47(51)56(49,3)4/h7-34H,1-6H3. The molecule has 58 heavy (non-hydrogen) atoms. The molecule has 0 atom stereocenters. The van der Waals surface area contributed by atoms with Crippen molar-refractivity contribution in [3.63, 3.8) is 0 Å². The quantitative estimate of drug-likeness (QED) is 0.166. The molecule has 2 aliphatic heterocycles. The lowest BCUT2D eigenvalue weighted by atomic mass is 9.72. The Hall–Kier alpha value is -6.64. The van der Waals surface area contributed by atoms with E-state index in [-0.39, 0.29) is 10.8 Å². The van der Waals surface area contributed by atoms with Gasteiger partial charge in [0.15, 0.2) is 0 Å². The van der Waals surface area contributed by atoms with Crippen molar-refractivity contribution >= 4 is 55.1 Å². The van der Waals surface area contributed by atoms with Crippen molar-refractivity contribution in [1.82, 2.24) is 0 Å². The molecule has 0 fully saturated rings. The average molecular weight is 747 g/mol. The fourth-order valence-corrected chi connectivity index (χ4v) is 10.7. The van der Waals surface area contributed by atoms with Gasteiger partial charge in [-0.15, -0.1) is 0 Å². The summed E-state index contributed by atoms with van der Waals surface area (Å²) in [7, 11) is 4.48. The number of nitrogens with zero attached hydrogens (tertiary/aromatic N) is 2. The van der Waals surface area contributed by atoms with Gasteiger partial charge in [-0.3, -0.25) is 0 Å². The molecule has 0 aromatic heterocycles. The molecule has 0 bridgehead atoms. The summed E-state index contributed by atoms with van der Waals surface area (Å²) in [5.74, 6) is 0. The van der Waals surface area contributed by atoms with Crippen molar-refractivity contribution in [2.45, 2.75) is 38.5 Å². The summed E-state index contributed by atoms with van der Waals surface area (Å²) in [4.78, 5) is 4.85. The van der Waals surface area contributed by atoms with Crippen molar-refractivity contribution in [2.24, 2.45) is 0 Å². The maximum atomic E-state index is 2.51. The number of benzene rings is 9. The Morgan fingerprint density at radius 1 is 0.328 bits per heavy atom. The Bertz CT molecular complexity index is 2990. The minimum atomic E-state index is -0.155. The second kappa shape index (κ2) is 12.4. The first kappa shape index (κ1) is 34.6. The molecule has 0 saturated carbocycles. The molecule has 2 nitrogen and oxygen atoms in total. The monoisotopic (exact) mass is 746 g/mol. The number of hydrogen-bond donors (Lipinski definition) is 0. The second-order valence-electron chi connectivity index (χ2n) is 17.4. The van der Waals surface area contributed by atoms with Crippen LogP contribution in [0.25, 0.3) is 65.7 Å². The van der Waals surface area contributed by atoms with Crippen LogP contribution in [0.4, 0.5) is 22.7 Å². The maximum absolute atomic E-state index is 2.51. The number of hydrogen-bond acceptors (Lipinski definition) is 2. The molecule has 0 unspecified atom stereocenters. The predicted octanol–water partition coefficient (Wildman–Crippen LogP) is 15.0. The van der Waals surface area contributed by atoms with Crippen LogP contribution >= 0.6 is 0 Å². The van der Waals surface area contributed by atoms with E-state index < -0.39 is 0 Å². The third-order valence-corrected chi connectivity index (χ3v) is 13.6. The van der Waals surface area contributed by atoms with Crippen molar-refractivity contribution < 1.29 is 0 Å². The van der Waals surface area contributed by atoms with Gasteiger partial charge in [-0.25, -0.2) is 0 Å². The molecule has 0 N–H and O–H groups in total. The van der Waals surface area contributed by atoms with E-state index in [4.69, 9.17) is 0 Å². The fraction of sp³-hybridized carbons (Fsp3) is 0.143. The lowest BCUT2D eigenvalue weighted by Gasteiger charge is -2.41. The Kier molecular flexibility index (Phi) is 7.41. The third-order valence-electron chi connectivity index (χ3n) is 13.6. The summed E-state index contributed by atoms with van der Waals surface area (Å²) in [6.45, 7) is 9.50. The van der Waals surface area contributed by atoms with Gasteiger partial charge in [0.2, 0.25) is 0 Å². The molecular formula is C56H46N2. The molecular weight excluding hydrogens is 701 g/mol. The first-order valence-electron chi connectivity index (χ1n) is 20.6. The van der Waals surface area contributed by atoms with Gasteiger partial charge in [0, 0.05) is 47.4 Å². The zero-order valence-electron chi connectivity index (χ0n) is 34.1. The van der Waals surface area contributed by atoms with E-state index in [1.807, 2.05) is 0 Å². The highest BCUT2D eigenvalue weighted by molar-refractivity contribution is 6.22. The van der Waals surface area contributed by atoms with Crippen LogP contribution in [0.15, 0.2) is 170 Å². The highest BCUT2D eigenvalue weighted by atomic mass is 15.1. The van der Waals surface area contributed by atoms with Crippen molar-refractivity contribution in [2.75, 3.05) is 23.9 Å². The minimum absolute atomic E-state index is 0.155. The highest BCUT2D eigenvalue weighted by Crippen LogP contribution is 2.55. The summed E-state index contributed by atoms with van der Waals surface area (Å²) in [5.41, 5.74) is 17.7. The molecule has 0 saturated heterocycles. The maximum Gasteiger partial charge on any atom is 0.0529 e. The first-order chi connectivity index (χ1) is 28.2. The van der Waals surface area contributed by atoms with E-state index >= 15 is 0 Å². The summed E-state index contributed by atoms with van der Waals surface area (Å²) in [6.07, 6.45) is 0. The number of anilines is 4. The van der Waals surface area contributed by atoms with Gasteiger partial charge in [-0.05, 0) is 95.0 Å². The molecule has 0 aliphatic carbocycles. The SMILES string of the molecule is CN1c2ccccc2C(C)(C)c2cccc(-c3cccc4c(-c5cccc6ccccc56)c5cccc(-c6cccc7c6N(C)c6ccccc6C7(C)C)c5cc34)c21. The number of fused-ring (bicyclic) bond motifs is 7. The van der Waals surface area contributed by atoms with Crippen LogP contribution in [0.5, 0.6) is 0 Å². The van der Waals surface area contributed by atoms with Gasteiger partial charge in [-0.1, -0.05) is 179 Å². The zero-order valence-corrected chi connectivity index (χ0v) is 34.1. The highest BCUT2D eigenvalue weighted by Gasteiger charge is 2.38. The van der Waals surface area contributed by atoms with E-state index in [9.17, 15) is 0 Å². The predicted molar refractivity (Wildman–Crippen MR) is 249 cm³/mol. The van der Waals surface area contributed by atoms with E-state index in [1.54, 1.807) is 0 Å². The molecule has 11 rings (SSSR count). The molecule has 2 heteroatoms. The van der Waals surface area contributed by atoms with Crippen LogP contribution < -0.4 is 9.80 Å². The average Bonchev–Trinajstić information content (AvgIpc) is 3.26. The molecule has 2 aliphatic rings. The van der Waals surface area contributed by atoms with Gasteiger partial charge in [-0.2, -0.15) is 0 Å². The molecule has 2 heterocycles. The molecule has 9 aromatic rings. The summed E-state index contributed by atoms with van der Waals surface area (Å²) in [5, 5.41) is 7.55. The van der Waals surface area contributed by atoms with Gasteiger partial charge in [0.1, 0.15) is 0 Å². The Balaban J connectivity index is 1.26. The number of para-hydroxylation sites is 4. The van der Waals surface area contributed by atoms with Gasteiger partial charge < -0.3 is 9.80 Å². The Morgan fingerprint density at radius 3 is 1.26 bits per heavy atom. The molecule has 280 valence electrons. The van der Waals surface area contributed by atoms with Gasteiger partial charge >= 0.3 is 0 Å². The Morgan fingerprint density at radius 2 is 0.707 bits per heavy atom. The largest absolute Gasteiger partial charge is 0.344 e. The summed E-state index contributed by atoms with van der Waals surface area (Å²) < 4.78 is 0. The second-order valence-corrected chi connectivity index (χ2v) is 17.4. The molecule has 0 amide bonds. The molecule has 0 spiro atoms. The fourth-order valence-electron chi connectivity index (χ4n) is 10.7. The van der Waals surface area contributed by atoms with E-state index in [0.29, 0.717) is 0 Å². The van der Waals surface area contributed by atoms with Crippen LogP contribution in [0.2, 0.25) is 0 Å². The van der Waals surface area contributed by atoms with Crippen LogP contribution in [-0.2, 0) is 10.8 Å². The molecule has 9 aromatic carbocycles. The summed E-state index contributed by atoms with van der Waals surface area (Å²) >= 11 is 0. The van der Waals surface area contributed by atoms with Crippen LogP contribution in [0.3, 0.4) is 0 Å². The summed E-state index contributed by atoms with van der Waals surface area (Å²) in [6, 6.07) is 63.7. The topological polar surface area (TPSA) is 6.48 Å². The van der Waals surface area contributed by atoms with Crippen molar-refractivity contribution in [1.29, 1.82) is 0 Å². The van der Waals surface area contributed by atoms with Gasteiger partial charge in [0.25, 0.3) is 0 Å². The number of rotatable bonds is 3. The molecule has 0 radical (unpaired) electrons. The first-order valence-corrected chi connectivity index (χ1v) is 20.6. The van der Waals surface area contributed by atoms with Crippen LogP contribution in [0, 0.1) is 0 Å². The zero-order chi connectivity index (χ0) is 39.5. The lowest BCUT2D eigenvalue weighted by molar-refractivity contribution is 0.630. The van der Waals surface area contributed by atoms with E-state index in [1.165, 1.54) is 111 Å². The van der Waals surface area contributed by atoms with Crippen molar-refractivity contribution in [3.8, 4) is 33.4 Å². The lowest BCUT2D eigenvalue weighted by Crippen LogP contribution is -2.31.